The summed E-state index contributed by atoms with van der Waals surface area (Å²) in [5.41, 5.74) is 0. The average molecular weight is 359 g/mol. The van der Waals surface area contributed by atoms with Gasteiger partial charge in [0, 0.05) is 43.5 Å². The molecule has 124 valence electrons. The fraction of sp³-hybridized carbons (Fsp3) is 0.933. The van der Waals surface area contributed by atoms with Gasteiger partial charge in [-0.15, -0.1) is 0 Å². The highest BCUT2D eigenvalue weighted by molar-refractivity contribution is 7.40. The summed E-state index contributed by atoms with van der Waals surface area (Å²) >= 11 is 0. The highest BCUT2D eigenvalue weighted by Gasteiger charge is 2.36. The smallest absolute Gasteiger partial charge is 0.0892 e. The number of hydrogen-bond donors (Lipinski definition) is 0. The topological polar surface area (TPSA) is 24.7 Å². The van der Waals surface area contributed by atoms with Gasteiger partial charge >= 0.3 is 0 Å². The number of rotatable bonds is 8. The van der Waals surface area contributed by atoms with Gasteiger partial charge in [0.2, 0.25) is 0 Å². The van der Waals surface area contributed by atoms with Crippen molar-refractivity contribution in [3.05, 3.63) is 0 Å². The third-order valence-corrected chi connectivity index (χ3v) is 42.8. The molecule has 21 heavy (non-hydrogen) atoms. The first-order valence-electron chi connectivity index (χ1n) is 8.29. The molecule has 0 aliphatic heterocycles. The van der Waals surface area contributed by atoms with E-state index in [0.717, 1.165) is 13.1 Å². The Kier molecular flexibility index (Phi) is 7.77. The van der Waals surface area contributed by atoms with Crippen LogP contribution < -0.4 is 0 Å². The average Bonchev–Trinajstić information content (AvgIpc) is 2.24. The molecule has 0 amide bonds. The van der Waals surface area contributed by atoms with Crippen molar-refractivity contribution in [3.8, 4) is 0 Å². The van der Waals surface area contributed by atoms with Crippen LogP contribution in [-0.4, -0.2) is 49.5 Å². The molecule has 0 spiro atoms. The molecule has 2 nitrogen and oxygen atoms in total. The van der Waals surface area contributed by atoms with Crippen molar-refractivity contribution in [1.82, 2.24) is 0 Å². The zero-order chi connectivity index (χ0) is 16.9. The van der Waals surface area contributed by atoms with Crippen molar-refractivity contribution in [3.63, 3.8) is 0 Å². The maximum Gasteiger partial charge on any atom is 0.0892 e. The summed E-state index contributed by atoms with van der Waals surface area (Å²) in [5, 5.41) is 0. The van der Waals surface area contributed by atoms with Crippen molar-refractivity contribution in [2.24, 2.45) is 9.98 Å². The molecule has 0 saturated heterocycles. The Morgan fingerprint density at radius 2 is 0.857 bits per heavy atom. The fourth-order valence-electron chi connectivity index (χ4n) is 1.57. The molecule has 0 aliphatic rings. The summed E-state index contributed by atoms with van der Waals surface area (Å²) in [4.78, 5) is 8.84. The molecule has 0 unspecified atom stereocenters. The van der Waals surface area contributed by atoms with Crippen molar-refractivity contribution >= 4 is 36.4 Å². The third-order valence-electron chi connectivity index (χ3n) is 5.90. The molecule has 0 radical (unpaired) electrons. The lowest BCUT2D eigenvalue weighted by Crippen LogP contribution is -2.52. The fourth-order valence-corrected chi connectivity index (χ4v) is 9.58. The van der Waals surface area contributed by atoms with E-state index in [1.165, 1.54) is 12.1 Å². The van der Waals surface area contributed by atoms with Crippen LogP contribution in [0.5, 0.6) is 0 Å². The first-order valence-corrected chi connectivity index (χ1v) is 23.7. The minimum atomic E-state index is -1.05. The Morgan fingerprint density at radius 3 is 1.10 bits per heavy atom. The van der Waals surface area contributed by atoms with E-state index >= 15 is 0 Å². The highest BCUT2D eigenvalue weighted by atomic mass is 29.3. The quantitative estimate of drug-likeness (QED) is 0.409. The van der Waals surface area contributed by atoms with E-state index in [2.05, 4.69) is 81.5 Å². The van der Waals surface area contributed by atoms with Gasteiger partial charge in [-0.2, -0.15) is 0 Å². The van der Waals surface area contributed by atoms with Gasteiger partial charge in [0.25, 0.3) is 0 Å². The second kappa shape index (κ2) is 7.68. The lowest BCUT2D eigenvalue weighted by Gasteiger charge is -2.34. The van der Waals surface area contributed by atoms with Crippen LogP contribution in [0.15, 0.2) is 9.98 Å². The van der Waals surface area contributed by atoms with Gasteiger partial charge in [-0.05, 0) is 12.1 Å². The van der Waals surface area contributed by atoms with Gasteiger partial charge in [-0.1, -0.05) is 65.5 Å². The number of nitrogens with zero attached hydrogens (tertiary/aromatic N) is 2. The Balaban J connectivity index is 4.24. The van der Waals surface area contributed by atoms with Crippen LogP contribution in [0, 0.1) is 0 Å². The van der Waals surface area contributed by atoms with Crippen LogP contribution >= 0.6 is 0 Å². The van der Waals surface area contributed by atoms with E-state index in [1.54, 1.807) is 0 Å². The predicted octanol–water partition coefficient (Wildman–Crippen LogP) is 5.41. The van der Waals surface area contributed by atoms with Crippen LogP contribution in [0.3, 0.4) is 0 Å². The van der Waals surface area contributed by atoms with Crippen molar-refractivity contribution in [1.29, 1.82) is 0 Å². The van der Waals surface area contributed by atoms with E-state index in [-0.39, 0.29) is 0 Å². The van der Waals surface area contributed by atoms with Crippen molar-refractivity contribution < 1.29 is 0 Å². The molecular formula is C15H38N2Si4. The standard InChI is InChI=1S/C15H38N2Si4/c1-18(2,3)20(7,8)13-11-16-15-17-12-14-21(9,10)19(4,5)6/h11-14H2,1-10H3. The van der Waals surface area contributed by atoms with Gasteiger partial charge < -0.3 is 0 Å². The van der Waals surface area contributed by atoms with E-state index in [0.29, 0.717) is 0 Å². The molecule has 0 aliphatic carbocycles. The summed E-state index contributed by atoms with van der Waals surface area (Å²) in [6, 6.07) is 5.54. The van der Waals surface area contributed by atoms with Crippen LogP contribution in [0.25, 0.3) is 0 Å². The predicted molar refractivity (Wildman–Crippen MR) is 111 cm³/mol. The largest absolute Gasteiger partial charge is 0.226 e. The molecule has 6 heteroatoms. The SMILES string of the molecule is C[Si](C)(C)[Si](C)(C)CCN=C=NCC[Si](C)(C)[Si](C)(C)C. The Bertz CT molecular complexity index is 349. The Hall–Kier alpha value is 0.248. The molecule has 0 bridgehead atoms. The summed E-state index contributed by atoms with van der Waals surface area (Å²) in [6.07, 6.45) is 0. The van der Waals surface area contributed by atoms with Crippen molar-refractivity contribution in [2.45, 2.75) is 77.6 Å². The zero-order valence-corrected chi connectivity index (χ0v) is 20.2. The lowest BCUT2D eigenvalue weighted by molar-refractivity contribution is 1.07. The summed E-state index contributed by atoms with van der Waals surface area (Å²) in [5.74, 6) is 0. The molecule has 0 heterocycles. The number of aliphatic imine (C=N–C) groups is 2. The highest BCUT2D eigenvalue weighted by Crippen LogP contribution is 2.23. The van der Waals surface area contributed by atoms with Gasteiger partial charge in [-0.3, -0.25) is 0 Å². The van der Waals surface area contributed by atoms with E-state index in [1.807, 2.05) is 0 Å². The normalized spacial score (nSPS) is 13.8. The molecule has 0 saturated carbocycles. The summed E-state index contributed by atoms with van der Waals surface area (Å²) < 4.78 is 0. The Labute approximate surface area is 137 Å². The first kappa shape index (κ1) is 21.2. The maximum atomic E-state index is 4.42. The van der Waals surface area contributed by atoms with Gasteiger partial charge in [-0.25, -0.2) is 9.98 Å². The van der Waals surface area contributed by atoms with Crippen molar-refractivity contribution in [2.75, 3.05) is 13.1 Å². The van der Waals surface area contributed by atoms with Crippen LogP contribution in [0.4, 0.5) is 0 Å². The minimum absolute atomic E-state index is 0.932. The first-order chi connectivity index (χ1) is 9.21. The molecule has 0 fully saturated rings. The molecule has 0 rings (SSSR count). The zero-order valence-electron chi connectivity index (χ0n) is 16.2. The maximum absolute atomic E-state index is 4.42. The van der Waals surface area contributed by atoms with E-state index in [9.17, 15) is 0 Å². The Morgan fingerprint density at radius 1 is 0.571 bits per heavy atom. The van der Waals surface area contributed by atoms with Gasteiger partial charge in [0.1, 0.15) is 0 Å². The molecular weight excluding hydrogens is 321 g/mol. The molecule has 0 aromatic carbocycles. The molecule has 0 atom stereocenters. The van der Waals surface area contributed by atoms with E-state index in [4.69, 9.17) is 0 Å². The van der Waals surface area contributed by atoms with Gasteiger partial charge in [0.15, 0.2) is 0 Å². The number of hydrogen-bond acceptors (Lipinski definition) is 2. The van der Waals surface area contributed by atoms with Crippen LogP contribution in [0.2, 0.25) is 77.6 Å². The third kappa shape index (κ3) is 7.37. The molecule has 0 aromatic heterocycles. The van der Waals surface area contributed by atoms with Crippen LogP contribution in [-0.2, 0) is 0 Å². The van der Waals surface area contributed by atoms with Gasteiger partial charge in [0.05, 0.1) is 6.01 Å². The lowest BCUT2D eigenvalue weighted by atomic mass is 10.8. The second-order valence-corrected chi connectivity index (χ2v) is 44.3. The monoisotopic (exact) mass is 358 g/mol. The minimum Gasteiger partial charge on any atom is -0.226 e. The summed E-state index contributed by atoms with van der Waals surface area (Å²) in [7, 11) is -4.06. The second-order valence-electron chi connectivity index (χ2n) is 9.63. The molecule has 0 aromatic rings. The van der Waals surface area contributed by atoms with E-state index < -0.39 is 30.4 Å². The van der Waals surface area contributed by atoms with Crippen LogP contribution in [0.1, 0.15) is 0 Å². The summed E-state index contributed by atoms with van der Waals surface area (Å²) in [6.45, 7) is 27.0. The molecule has 0 N–H and O–H groups in total.